The van der Waals surface area contributed by atoms with Crippen LogP contribution in [-0.2, 0) is 11.8 Å². The standard InChI is InChI=1S/C20H19N5O5/c1-24-11-10-21-20(24)19(14-4-3-5-15(12-14)25(27)28)23-22-18(26)13-30-17-8-6-16(29-2)7-9-17/h3-12H,13H2,1-2H3,(H,22,26). The van der Waals surface area contributed by atoms with E-state index in [1.165, 1.54) is 12.1 Å². The van der Waals surface area contributed by atoms with E-state index in [2.05, 4.69) is 15.5 Å². The number of benzene rings is 2. The molecule has 0 radical (unpaired) electrons. The van der Waals surface area contributed by atoms with Crippen LogP contribution in [0.15, 0.2) is 66.0 Å². The van der Waals surface area contributed by atoms with E-state index >= 15 is 0 Å². The zero-order valence-electron chi connectivity index (χ0n) is 16.3. The van der Waals surface area contributed by atoms with Crippen LogP contribution < -0.4 is 14.9 Å². The molecule has 1 aromatic heterocycles. The number of non-ortho nitro benzene ring substituents is 1. The number of amides is 1. The predicted molar refractivity (Wildman–Crippen MR) is 109 cm³/mol. The Morgan fingerprint density at radius 3 is 2.60 bits per heavy atom. The number of nitro groups is 1. The summed E-state index contributed by atoms with van der Waals surface area (Å²) in [5.74, 6) is 1.11. The van der Waals surface area contributed by atoms with Gasteiger partial charge in [-0.15, -0.1) is 0 Å². The minimum absolute atomic E-state index is 0.0939. The summed E-state index contributed by atoms with van der Waals surface area (Å²) < 4.78 is 12.2. The van der Waals surface area contributed by atoms with Gasteiger partial charge in [-0.1, -0.05) is 12.1 Å². The summed E-state index contributed by atoms with van der Waals surface area (Å²) in [6, 6.07) is 12.7. The average molecular weight is 409 g/mol. The van der Waals surface area contributed by atoms with Gasteiger partial charge in [0.15, 0.2) is 12.4 Å². The molecule has 30 heavy (non-hydrogen) atoms. The third kappa shape index (κ3) is 4.98. The minimum Gasteiger partial charge on any atom is -0.497 e. The molecular weight excluding hydrogens is 390 g/mol. The number of nitrogens with zero attached hydrogens (tertiary/aromatic N) is 4. The van der Waals surface area contributed by atoms with Crippen LogP contribution >= 0.6 is 0 Å². The van der Waals surface area contributed by atoms with Crippen LogP contribution in [0.5, 0.6) is 11.5 Å². The number of ether oxygens (including phenoxy) is 2. The van der Waals surface area contributed by atoms with Gasteiger partial charge in [-0.25, -0.2) is 10.4 Å². The smallest absolute Gasteiger partial charge is 0.277 e. The maximum Gasteiger partial charge on any atom is 0.277 e. The number of aryl methyl sites for hydroxylation is 1. The van der Waals surface area contributed by atoms with Crippen molar-refractivity contribution in [2.24, 2.45) is 12.1 Å². The topological polar surface area (TPSA) is 121 Å². The molecule has 0 aliphatic carbocycles. The Morgan fingerprint density at radius 2 is 1.97 bits per heavy atom. The van der Waals surface area contributed by atoms with E-state index in [1.807, 2.05) is 0 Å². The van der Waals surface area contributed by atoms with Gasteiger partial charge >= 0.3 is 0 Å². The number of methoxy groups -OCH3 is 1. The third-order valence-corrected chi connectivity index (χ3v) is 4.09. The van der Waals surface area contributed by atoms with Crippen LogP contribution in [0, 0.1) is 10.1 Å². The molecule has 3 aromatic rings. The SMILES string of the molecule is COc1ccc(OCC(=O)NN=C(c2cccc([N+](=O)[O-])c2)c2nccn2C)cc1. The van der Waals surface area contributed by atoms with Crippen LogP contribution in [-0.4, -0.2) is 39.8 Å². The number of aromatic nitrogens is 2. The highest BCUT2D eigenvalue weighted by Gasteiger charge is 2.16. The Balaban J connectivity index is 1.76. The molecule has 0 aliphatic rings. The Kier molecular flexibility index (Phi) is 6.38. The first-order valence-corrected chi connectivity index (χ1v) is 8.84. The highest BCUT2D eigenvalue weighted by atomic mass is 16.6. The second-order valence-corrected chi connectivity index (χ2v) is 6.13. The first-order valence-electron chi connectivity index (χ1n) is 8.84. The molecular formula is C20H19N5O5. The van der Waals surface area contributed by atoms with E-state index in [4.69, 9.17) is 9.47 Å². The van der Waals surface area contributed by atoms with Crippen molar-refractivity contribution in [3.8, 4) is 11.5 Å². The number of imidazole rings is 1. The maximum atomic E-state index is 12.2. The maximum absolute atomic E-state index is 12.2. The lowest BCUT2D eigenvalue weighted by Crippen LogP contribution is -2.27. The summed E-state index contributed by atoms with van der Waals surface area (Å²) in [4.78, 5) is 27.0. The van der Waals surface area contributed by atoms with Crippen molar-refractivity contribution in [2.75, 3.05) is 13.7 Å². The van der Waals surface area contributed by atoms with Crippen molar-refractivity contribution in [2.45, 2.75) is 0 Å². The molecule has 1 N–H and O–H groups in total. The summed E-state index contributed by atoms with van der Waals surface area (Å²) in [6.07, 6.45) is 3.27. The van der Waals surface area contributed by atoms with Gasteiger partial charge in [-0.2, -0.15) is 5.10 Å². The molecule has 154 valence electrons. The Morgan fingerprint density at radius 1 is 1.23 bits per heavy atom. The molecule has 2 aromatic carbocycles. The quantitative estimate of drug-likeness (QED) is 0.346. The lowest BCUT2D eigenvalue weighted by Gasteiger charge is -2.09. The van der Waals surface area contributed by atoms with Gasteiger partial charge in [0, 0.05) is 37.1 Å². The molecule has 0 spiro atoms. The monoisotopic (exact) mass is 409 g/mol. The third-order valence-electron chi connectivity index (χ3n) is 4.09. The van der Waals surface area contributed by atoms with Crippen LogP contribution in [0.2, 0.25) is 0 Å². The van der Waals surface area contributed by atoms with E-state index in [1.54, 1.807) is 67.5 Å². The van der Waals surface area contributed by atoms with Crippen LogP contribution in [0.25, 0.3) is 0 Å². The molecule has 10 nitrogen and oxygen atoms in total. The number of nitro benzene ring substituents is 1. The molecule has 0 unspecified atom stereocenters. The number of carbonyl (C=O) groups is 1. The highest BCUT2D eigenvalue weighted by Crippen LogP contribution is 2.18. The van der Waals surface area contributed by atoms with Crippen molar-refractivity contribution in [1.82, 2.24) is 15.0 Å². The molecule has 0 bridgehead atoms. The number of hydrazone groups is 1. The molecule has 0 saturated carbocycles. The number of hydrogen-bond acceptors (Lipinski definition) is 7. The van der Waals surface area contributed by atoms with E-state index in [0.29, 0.717) is 22.9 Å². The predicted octanol–water partition coefficient (Wildman–Crippen LogP) is 2.28. The fraction of sp³-hybridized carbons (Fsp3) is 0.150. The van der Waals surface area contributed by atoms with Crippen molar-refractivity contribution in [3.05, 3.63) is 82.4 Å². The summed E-state index contributed by atoms with van der Waals surface area (Å²) in [5, 5.41) is 15.3. The summed E-state index contributed by atoms with van der Waals surface area (Å²) >= 11 is 0. The van der Waals surface area contributed by atoms with Crippen molar-refractivity contribution >= 4 is 17.3 Å². The van der Waals surface area contributed by atoms with Crippen molar-refractivity contribution in [1.29, 1.82) is 0 Å². The first kappa shape index (κ1) is 20.5. The normalized spacial score (nSPS) is 11.1. The molecule has 10 heteroatoms. The molecule has 0 saturated heterocycles. The Hall–Kier alpha value is -4.21. The summed E-state index contributed by atoms with van der Waals surface area (Å²) in [6.45, 7) is -0.265. The fourth-order valence-electron chi connectivity index (χ4n) is 2.58. The Labute approximate surface area is 171 Å². The lowest BCUT2D eigenvalue weighted by molar-refractivity contribution is -0.384. The first-order chi connectivity index (χ1) is 14.5. The van der Waals surface area contributed by atoms with E-state index < -0.39 is 10.8 Å². The van der Waals surface area contributed by atoms with Gasteiger partial charge in [0.2, 0.25) is 0 Å². The molecule has 1 heterocycles. The molecule has 0 fully saturated rings. The number of hydrogen-bond donors (Lipinski definition) is 1. The van der Waals surface area contributed by atoms with Crippen molar-refractivity contribution < 1.29 is 19.2 Å². The van der Waals surface area contributed by atoms with Gasteiger partial charge < -0.3 is 14.0 Å². The summed E-state index contributed by atoms with van der Waals surface area (Å²) in [7, 11) is 3.31. The molecule has 0 atom stereocenters. The van der Waals surface area contributed by atoms with Crippen molar-refractivity contribution in [3.63, 3.8) is 0 Å². The van der Waals surface area contributed by atoms with Crippen LogP contribution in [0.1, 0.15) is 11.4 Å². The van der Waals surface area contributed by atoms with Gasteiger partial charge in [-0.3, -0.25) is 14.9 Å². The number of nitrogens with one attached hydrogen (secondary N) is 1. The fourth-order valence-corrected chi connectivity index (χ4v) is 2.58. The second-order valence-electron chi connectivity index (χ2n) is 6.13. The molecule has 0 aliphatic heterocycles. The zero-order valence-corrected chi connectivity index (χ0v) is 16.3. The van der Waals surface area contributed by atoms with E-state index in [9.17, 15) is 14.9 Å². The zero-order chi connectivity index (χ0) is 21.5. The van der Waals surface area contributed by atoms with Crippen LogP contribution in [0.3, 0.4) is 0 Å². The molecule has 1 amide bonds. The van der Waals surface area contributed by atoms with Gasteiger partial charge in [0.25, 0.3) is 11.6 Å². The van der Waals surface area contributed by atoms with Gasteiger partial charge in [0.05, 0.1) is 12.0 Å². The van der Waals surface area contributed by atoms with E-state index in [-0.39, 0.29) is 18.0 Å². The lowest BCUT2D eigenvalue weighted by atomic mass is 10.1. The number of rotatable bonds is 8. The largest absolute Gasteiger partial charge is 0.497 e. The van der Waals surface area contributed by atoms with Gasteiger partial charge in [0.1, 0.15) is 17.2 Å². The molecule has 3 rings (SSSR count). The van der Waals surface area contributed by atoms with Crippen LogP contribution in [0.4, 0.5) is 5.69 Å². The number of carbonyl (C=O) groups excluding carboxylic acids is 1. The van der Waals surface area contributed by atoms with Gasteiger partial charge in [-0.05, 0) is 24.3 Å². The van der Waals surface area contributed by atoms with E-state index in [0.717, 1.165) is 0 Å². The Bertz CT molecular complexity index is 1080. The summed E-state index contributed by atoms with van der Waals surface area (Å²) in [5.41, 5.74) is 3.04. The highest BCUT2D eigenvalue weighted by molar-refractivity contribution is 6.11. The second kappa shape index (κ2) is 9.32. The minimum atomic E-state index is -0.499. The average Bonchev–Trinajstić information content (AvgIpc) is 3.18.